The molecule has 1 aliphatic heterocycles. The van der Waals surface area contributed by atoms with Gasteiger partial charge in [-0.3, -0.25) is 9.69 Å². The third-order valence-electron chi connectivity index (χ3n) is 5.12. The molecule has 192 valence electrons. The van der Waals surface area contributed by atoms with E-state index in [0.29, 0.717) is 13.0 Å². The first-order valence-corrected chi connectivity index (χ1v) is 11.7. The number of ether oxygens (including phenoxy) is 1. The molecular formula is C21H21F6N3O4S. The summed E-state index contributed by atoms with van der Waals surface area (Å²) >= 11 is 0. The first-order valence-electron chi connectivity index (χ1n) is 10.3. The number of para-hydroxylation sites is 1. The molecule has 35 heavy (non-hydrogen) atoms. The van der Waals surface area contributed by atoms with E-state index in [2.05, 4.69) is 10.1 Å². The molecule has 2 aromatic rings. The Balaban J connectivity index is 1.61. The van der Waals surface area contributed by atoms with E-state index in [1.165, 1.54) is 12.1 Å². The number of carbonyl (C=O) groups is 1. The highest BCUT2D eigenvalue weighted by Gasteiger charge is 2.34. The fraction of sp³-hybridized carbons (Fsp3) is 0.381. The highest BCUT2D eigenvalue weighted by atomic mass is 32.2. The Labute approximate surface area is 197 Å². The van der Waals surface area contributed by atoms with Crippen molar-refractivity contribution in [2.24, 2.45) is 0 Å². The summed E-state index contributed by atoms with van der Waals surface area (Å²) in [5.41, 5.74) is -1.35. The Bertz CT molecular complexity index is 1140. The zero-order valence-electron chi connectivity index (χ0n) is 18.1. The van der Waals surface area contributed by atoms with E-state index < -0.39 is 39.8 Å². The van der Waals surface area contributed by atoms with Crippen LogP contribution < -0.4 is 10.1 Å². The average molecular weight is 525 g/mol. The van der Waals surface area contributed by atoms with Crippen molar-refractivity contribution < 1.29 is 44.3 Å². The maximum atomic E-state index is 13.1. The van der Waals surface area contributed by atoms with Gasteiger partial charge in [-0.15, -0.1) is 13.2 Å². The van der Waals surface area contributed by atoms with E-state index in [-0.39, 0.29) is 36.8 Å². The highest BCUT2D eigenvalue weighted by molar-refractivity contribution is 7.89. The van der Waals surface area contributed by atoms with Crippen molar-refractivity contribution in [1.29, 1.82) is 0 Å². The second-order valence-electron chi connectivity index (χ2n) is 7.64. The molecule has 0 saturated carbocycles. The summed E-state index contributed by atoms with van der Waals surface area (Å²) in [4.78, 5) is 13.8. The molecule has 1 fully saturated rings. The topological polar surface area (TPSA) is 79.0 Å². The Hall–Kier alpha value is -2.84. The molecule has 14 heteroatoms. The number of nitrogens with zero attached hydrogens (tertiary/aromatic N) is 2. The third kappa shape index (κ3) is 7.32. The van der Waals surface area contributed by atoms with Crippen molar-refractivity contribution in [3.63, 3.8) is 0 Å². The van der Waals surface area contributed by atoms with Gasteiger partial charge in [-0.2, -0.15) is 17.5 Å². The van der Waals surface area contributed by atoms with Crippen molar-refractivity contribution >= 4 is 21.6 Å². The van der Waals surface area contributed by atoms with Crippen LogP contribution in [0.2, 0.25) is 0 Å². The fourth-order valence-electron chi connectivity index (χ4n) is 3.54. The lowest BCUT2D eigenvalue weighted by molar-refractivity contribution is -0.274. The smallest absolute Gasteiger partial charge is 0.406 e. The largest absolute Gasteiger partial charge is 0.573 e. The molecule has 7 nitrogen and oxygen atoms in total. The number of rotatable bonds is 6. The number of carbonyl (C=O) groups excluding carboxylic acids is 1. The lowest BCUT2D eigenvalue weighted by atomic mass is 10.1. The lowest BCUT2D eigenvalue weighted by Gasteiger charge is -2.22. The summed E-state index contributed by atoms with van der Waals surface area (Å²) in [5.74, 6) is -1.24. The molecule has 0 radical (unpaired) electrons. The Kier molecular flexibility index (Phi) is 7.97. The molecule has 1 N–H and O–H groups in total. The molecular weight excluding hydrogens is 504 g/mol. The first-order chi connectivity index (χ1) is 16.3. The molecule has 2 aromatic carbocycles. The van der Waals surface area contributed by atoms with Gasteiger partial charge in [0.25, 0.3) is 0 Å². The van der Waals surface area contributed by atoms with Crippen LogP contribution in [0, 0.1) is 0 Å². The van der Waals surface area contributed by atoms with Gasteiger partial charge >= 0.3 is 12.5 Å². The SMILES string of the molecule is O=C(CN1CCCN(S(=O)(=O)c2ccc(OC(F)(F)F)cc2)CC1)Nc1ccccc1C(F)(F)F. The van der Waals surface area contributed by atoms with Crippen LogP contribution in [0.3, 0.4) is 0 Å². The maximum absolute atomic E-state index is 13.1. The Morgan fingerprint density at radius 3 is 2.20 bits per heavy atom. The monoisotopic (exact) mass is 525 g/mol. The van der Waals surface area contributed by atoms with Gasteiger partial charge in [0.2, 0.25) is 15.9 Å². The first kappa shape index (κ1) is 26.8. The number of halogens is 6. The number of sulfonamides is 1. The molecule has 3 rings (SSSR count). The van der Waals surface area contributed by atoms with Crippen molar-refractivity contribution in [3.8, 4) is 5.75 Å². The van der Waals surface area contributed by atoms with Gasteiger partial charge in [-0.25, -0.2) is 8.42 Å². The highest BCUT2D eigenvalue weighted by Crippen LogP contribution is 2.34. The predicted octanol–water partition coefficient (Wildman–Crippen LogP) is 3.94. The van der Waals surface area contributed by atoms with Crippen molar-refractivity contribution in [1.82, 2.24) is 9.21 Å². The van der Waals surface area contributed by atoms with Gasteiger partial charge in [0.15, 0.2) is 0 Å². The molecule has 0 atom stereocenters. The zero-order valence-corrected chi connectivity index (χ0v) is 18.9. The minimum absolute atomic E-state index is 0.0183. The molecule has 1 amide bonds. The third-order valence-corrected chi connectivity index (χ3v) is 7.03. The van der Waals surface area contributed by atoms with Crippen LogP contribution in [-0.4, -0.2) is 62.6 Å². The van der Waals surface area contributed by atoms with Crippen molar-refractivity contribution in [2.75, 3.05) is 38.0 Å². The van der Waals surface area contributed by atoms with Crippen LogP contribution in [-0.2, 0) is 21.0 Å². The van der Waals surface area contributed by atoms with Crippen molar-refractivity contribution in [2.45, 2.75) is 23.9 Å². The molecule has 1 saturated heterocycles. The molecule has 1 heterocycles. The van der Waals surface area contributed by atoms with Gasteiger partial charge in [-0.1, -0.05) is 12.1 Å². The van der Waals surface area contributed by atoms with Crippen LogP contribution >= 0.6 is 0 Å². The number of amides is 1. The van der Waals surface area contributed by atoms with Crippen molar-refractivity contribution in [3.05, 3.63) is 54.1 Å². The minimum atomic E-state index is -4.91. The van der Waals surface area contributed by atoms with Gasteiger partial charge in [-0.05, 0) is 49.4 Å². The quantitative estimate of drug-likeness (QED) is 0.579. The van der Waals surface area contributed by atoms with Gasteiger partial charge in [0.05, 0.1) is 22.7 Å². The van der Waals surface area contributed by atoms with Gasteiger partial charge in [0.1, 0.15) is 5.75 Å². The van der Waals surface area contributed by atoms with Crippen LogP contribution in [0.1, 0.15) is 12.0 Å². The standard InChI is InChI=1S/C21H21F6N3O4S/c22-20(23,24)17-4-1-2-5-18(17)28-19(31)14-29-10-3-11-30(13-12-29)35(32,33)16-8-6-15(7-9-16)34-21(25,26)27/h1-2,4-9H,3,10-14H2,(H,28,31). The number of hydrogen-bond donors (Lipinski definition) is 1. The molecule has 1 aliphatic rings. The zero-order chi connectivity index (χ0) is 25.9. The molecule has 0 unspecified atom stereocenters. The number of hydrogen-bond acceptors (Lipinski definition) is 5. The summed E-state index contributed by atoms with van der Waals surface area (Å²) in [5, 5.41) is 2.25. The Morgan fingerprint density at radius 1 is 0.914 bits per heavy atom. The van der Waals surface area contributed by atoms with Crippen LogP contribution in [0.4, 0.5) is 32.0 Å². The summed E-state index contributed by atoms with van der Waals surface area (Å²) in [6.45, 7) is 0.277. The summed E-state index contributed by atoms with van der Waals surface area (Å²) in [6.07, 6.45) is -9.21. The summed E-state index contributed by atoms with van der Waals surface area (Å²) in [6, 6.07) is 8.37. The van der Waals surface area contributed by atoms with Crippen LogP contribution in [0.15, 0.2) is 53.4 Å². The van der Waals surface area contributed by atoms with Gasteiger partial charge < -0.3 is 10.1 Å². The molecule has 0 aromatic heterocycles. The molecule has 0 bridgehead atoms. The number of anilines is 1. The van der Waals surface area contributed by atoms with E-state index >= 15 is 0 Å². The fourth-order valence-corrected chi connectivity index (χ4v) is 5.01. The second-order valence-corrected chi connectivity index (χ2v) is 9.58. The van der Waals surface area contributed by atoms with E-state index in [1.54, 1.807) is 4.90 Å². The van der Waals surface area contributed by atoms with E-state index in [0.717, 1.165) is 40.7 Å². The molecule has 0 spiro atoms. The lowest BCUT2D eigenvalue weighted by Crippen LogP contribution is -2.38. The number of nitrogens with one attached hydrogen (secondary N) is 1. The predicted molar refractivity (Wildman–Crippen MR) is 113 cm³/mol. The number of alkyl halides is 6. The van der Waals surface area contributed by atoms with Crippen LogP contribution in [0.5, 0.6) is 5.75 Å². The summed E-state index contributed by atoms with van der Waals surface area (Å²) in [7, 11) is -4.02. The van der Waals surface area contributed by atoms with E-state index in [9.17, 15) is 39.6 Å². The maximum Gasteiger partial charge on any atom is 0.573 e. The molecule has 0 aliphatic carbocycles. The minimum Gasteiger partial charge on any atom is -0.406 e. The summed E-state index contributed by atoms with van der Waals surface area (Å²) < 4.78 is 107. The van der Waals surface area contributed by atoms with Crippen LogP contribution in [0.25, 0.3) is 0 Å². The average Bonchev–Trinajstić information content (AvgIpc) is 2.98. The van der Waals surface area contributed by atoms with Gasteiger partial charge in [0, 0.05) is 19.6 Å². The Morgan fingerprint density at radius 2 is 1.57 bits per heavy atom. The normalized spacial score (nSPS) is 16.5. The van der Waals surface area contributed by atoms with E-state index in [1.807, 2.05) is 0 Å². The van der Waals surface area contributed by atoms with E-state index in [4.69, 9.17) is 0 Å². The second kappa shape index (κ2) is 10.4. The number of benzene rings is 2.